The first-order valence-electron chi connectivity index (χ1n) is 6.42. The summed E-state index contributed by atoms with van der Waals surface area (Å²) in [7, 11) is 0. The van der Waals surface area contributed by atoms with Crippen molar-refractivity contribution in [3.05, 3.63) is 22.4 Å². The van der Waals surface area contributed by atoms with E-state index in [1.807, 2.05) is 13.8 Å². The Labute approximate surface area is 115 Å². The number of amides is 1. The summed E-state index contributed by atoms with van der Waals surface area (Å²) in [5.41, 5.74) is 0.138. The van der Waals surface area contributed by atoms with Gasteiger partial charge < -0.3 is 10.6 Å². The molecule has 1 amide bonds. The summed E-state index contributed by atoms with van der Waals surface area (Å²) in [6.45, 7) is 6.53. The van der Waals surface area contributed by atoms with Gasteiger partial charge in [-0.25, -0.2) is 19.3 Å². The molecule has 2 aromatic heterocycles. The number of carbonyl (C=O) groups is 1. The van der Waals surface area contributed by atoms with Crippen LogP contribution in [-0.2, 0) is 4.79 Å². The Bertz CT molecular complexity index is 672. The molecule has 2 rings (SSSR count). The molecule has 0 saturated heterocycles. The number of nitrogens with zero attached hydrogens (tertiary/aromatic N) is 3. The Morgan fingerprint density at radius 1 is 1.50 bits per heavy atom. The van der Waals surface area contributed by atoms with E-state index < -0.39 is 0 Å². The van der Waals surface area contributed by atoms with Crippen LogP contribution in [-0.4, -0.2) is 38.6 Å². The molecule has 0 spiro atoms. The minimum atomic E-state index is -0.328. The minimum Gasteiger partial charge on any atom is -0.361 e. The summed E-state index contributed by atoms with van der Waals surface area (Å²) in [5.74, 6) is 1.32. The highest BCUT2D eigenvalue weighted by Crippen LogP contribution is 2.07. The van der Waals surface area contributed by atoms with Gasteiger partial charge in [0.1, 0.15) is 11.6 Å². The lowest BCUT2D eigenvalue weighted by molar-refractivity contribution is -0.119. The molecule has 8 heteroatoms. The molecule has 0 aliphatic rings. The number of nitrogens with one attached hydrogen (secondary N) is 3. The zero-order valence-electron chi connectivity index (χ0n) is 11.7. The molecule has 3 N–H and O–H groups in total. The maximum Gasteiger partial charge on any atom is 0.349 e. The SMILES string of the molecule is Cc1nc(NCC(=O)NCC(C)C)cc2n[nH]c(=O)n12. The molecule has 0 fully saturated rings. The number of rotatable bonds is 5. The molecule has 2 heterocycles. The van der Waals surface area contributed by atoms with Crippen LogP contribution < -0.4 is 16.3 Å². The van der Waals surface area contributed by atoms with E-state index in [9.17, 15) is 9.59 Å². The number of aryl methyl sites for hydroxylation is 1. The summed E-state index contributed by atoms with van der Waals surface area (Å²) >= 11 is 0. The highest BCUT2D eigenvalue weighted by atomic mass is 16.2. The van der Waals surface area contributed by atoms with Gasteiger partial charge in [0.2, 0.25) is 5.91 Å². The lowest BCUT2D eigenvalue weighted by Gasteiger charge is -2.09. The molecule has 0 aliphatic carbocycles. The average molecular weight is 278 g/mol. The maximum atomic E-state index is 11.6. The molecule has 0 saturated carbocycles. The fourth-order valence-corrected chi connectivity index (χ4v) is 1.74. The normalized spacial score (nSPS) is 11.0. The Morgan fingerprint density at radius 2 is 2.25 bits per heavy atom. The Balaban J connectivity index is 2.03. The highest BCUT2D eigenvalue weighted by Gasteiger charge is 2.08. The van der Waals surface area contributed by atoms with E-state index in [-0.39, 0.29) is 18.1 Å². The maximum absolute atomic E-state index is 11.6. The van der Waals surface area contributed by atoms with Crippen LogP contribution in [0.4, 0.5) is 5.82 Å². The van der Waals surface area contributed by atoms with E-state index >= 15 is 0 Å². The third-order valence-electron chi connectivity index (χ3n) is 2.71. The fourth-order valence-electron chi connectivity index (χ4n) is 1.74. The average Bonchev–Trinajstić information content (AvgIpc) is 2.76. The van der Waals surface area contributed by atoms with Crippen LogP contribution in [0, 0.1) is 12.8 Å². The third kappa shape index (κ3) is 3.14. The standard InChI is InChI=1S/C12H18N6O2/c1-7(2)5-14-11(19)6-13-9-4-10-16-17-12(20)18(10)8(3)15-9/h4,7,13H,5-6H2,1-3H3,(H,14,19)(H,17,20). The summed E-state index contributed by atoms with van der Waals surface area (Å²) < 4.78 is 1.37. The molecule has 2 aromatic rings. The molecule has 0 atom stereocenters. The first kappa shape index (κ1) is 14.0. The van der Waals surface area contributed by atoms with Crippen molar-refractivity contribution in [2.45, 2.75) is 20.8 Å². The van der Waals surface area contributed by atoms with Crippen molar-refractivity contribution in [2.75, 3.05) is 18.4 Å². The largest absolute Gasteiger partial charge is 0.361 e. The summed E-state index contributed by atoms with van der Waals surface area (Å²) in [6.07, 6.45) is 0. The lowest BCUT2D eigenvalue weighted by Crippen LogP contribution is -2.32. The van der Waals surface area contributed by atoms with Gasteiger partial charge in [0.15, 0.2) is 5.65 Å². The Hall–Kier alpha value is -2.38. The van der Waals surface area contributed by atoms with Crippen molar-refractivity contribution in [2.24, 2.45) is 5.92 Å². The predicted octanol–water partition coefficient (Wildman–Crippen LogP) is -0.0899. The molecule has 0 bridgehead atoms. The van der Waals surface area contributed by atoms with Gasteiger partial charge >= 0.3 is 5.69 Å². The number of aromatic amines is 1. The zero-order valence-corrected chi connectivity index (χ0v) is 11.7. The van der Waals surface area contributed by atoms with Crippen molar-refractivity contribution in [1.82, 2.24) is 24.9 Å². The zero-order chi connectivity index (χ0) is 14.7. The monoisotopic (exact) mass is 278 g/mol. The molecule has 20 heavy (non-hydrogen) atoms. The topological polar surface area (TPSA) is 104 Å². The number of anilines is 1. The van der Waals surface area contributed by atoms with Crippen LogP contribution in [0.3, 0.4) is 0 Å². The molecule has 108 valence electrons. The van der Waals surface area contributed by atoms with Crippen LogP contribution in [0.2, 0.25) is 0 Å². The van der Waals surface area contributed by atoms with E-state index in [2.05, 4.69) is 25.8 Å². The minimum absolute atomic E-state index is 0.0996. The van der Waals surface area contributed by atoms with Gasteiger partial charge in [0, 0.05) is 12.6 Å². The van der Waals surface area contributed by atoms with E-state index in [4.69, 9.17) is 0 Å². The van der Waals surface area contributed by atoms with Crippen LogP contribution >= 0.6 is 0 Å². The molecular weight excluding hydrogens is 260 g/mol. The lowest BCUT2D eigenvalue weighted by atomic mass is 10.2. The van der Waals surface area contributed by atoms with Crippen molar-refractivity contribution >= 4 is 17.4 Å². The second-order valence-electron chi connectivity index (χ2n) is 4.96. The molecule has 0 aromatic carbocycles. The van der Waals surface area contributed by atoms with Gasteiger partial charge in [-0.2, -0.15) is 5.10 Å². The number of H-pyrrole nitrogens is 1. The number of hydrogen-bond donors (Lipinski definition) is 3. The van der Waals surface area contributed by atoms with E-state index in [0.717, 1.165) is 0 Å². The van der Waals surface area contributed by atoms with Gasteiger partial charge in [0.25, 0.3) is 0 Å². The first-order chi connectivity index (χ1) is 9.47. The Morgan fingerprint density at radius 3 is 2.95 bits per heavy atom. The fraction of sp³-hybridized carbons (Fsp3) is 0.500. The summed E-state index contributed by atoms with van der Waals surface area (Å²) in [6, 6.07) is 1.61. The van der Waals surface area contributed by atoms with E-state index in [1.165, 1.54) is 4.40 Å². The summed E-state index contributed by atoms with van der Waals surface area (Å²) in [5, 5.41) is 11.9. The number of carbonyl (C=O) groups excluding carboxylic acids is 1. The molecule has 8 nitrogen and oxygen atoms in total. The predicted molar refractivity (Wildman–Crippen MR) is 74.7 cm³/mol. The van der Waals surface area contributed by atoms with E-state index in [0.29, 0.717) is 29.8 Å². The molecule has 0 unspecified atom stereocenters. The number of fused-ring (bicyclic) bond motifs is 1. The van der Waals surface area contributed by atoms with Crippen molar-refractivity contribution < 1.29 is 4.79 Å². The quantitative estimate of drug-likeness (QED) is 0.709. The third-order valence-corrected chi connectivity index (χ3v) is 2.71. The molecule has 0 aliphatic heterocycles. The molecule has 0 radical (unpaired) electrons. The molecular formula is C12H18N6O2. The smallest absolute Gasteiger partial charge is 0.349 e. The van der Waals surface area contributed by atoms with Crippen LogP contribution in [0.15, 0.2) is 10.9 Å². The summed E-state index contributed by atoms with van der Waals surface area (Å²) in [4.78, 5) is 27.3. The van der Waals surface area contributed by atoms with Gasteiger partial charge in [-0.15, -0.1) is 0 Å². The van der Waals surface area contributed by atoms with Crippen molar-refractivity contribution in [3.8, 4) is 0 Å². The second-order valence-corrected chi connectivity index (χ2v) is 4.96. The van der Waals surface area contributed by atoms with Gasteiger partial charge in [-0.3, -0.25) is 4.79 Å². The van der Waals surface area contributed by atoms with E-state index in [1.54, 1.807) is 13.0 Å². The second kappa shape index (κ2) is 5.72. The van der Waals surface area contributed by atoms with Gasteiger partial charge in [-0.1, -0.05) is 13.8 Å². The van der Waals surface area contributed by atoms with Crippen LogP contribution in [0.25, 0.3) is 5.65 Å². The van der Waals surface area contributed by atoms with Crippen LogP contribution in [0.5, 0.6) is 0 Å². The van der Waals surface area contributed by atoms with Crippen molar-refractivity contribution in [1.29, 1.82) is 0 Å². The van der Waals surface area contributed by atoms with Crippen molar-refractivity contribution in [3.63, 3.8) is 0 Å². The van der Waals surface area contributed by atoms with Gasteiger partial charge in [0.05, 0.1) is 6.54 Å². The van der Waals surface area contributed by atoms with Gasteiger partial charge in [-0.05, 0) is 12.8 Å². The number of aromatic nitrogens is 4. The highest BCUT2D eigenvalue weighted by molar-refractivity contribution is 5.80. The number of hydrogen-bond acceptors (Lipinski definition) is 5. The van der Waals surface area contributed by atoms with Crippen LogP contribution in [0.1, 0.15) is 19.7 Å². The Kier molecular flexibility index (Phi) is 4.02. The first-order valence-corrected chi connectivity index (χ1v) is 6.42.